The Labute approximate surface area is 120 Å². The van der Waals surface area contributed by atoms with E-state index in [9.17, 15) is 4.79 Å². The number of carbonyl (C=O) groups excluding carboxylic acids is 1. The highest BCUT2D eigenvalue weighted by molar-refractivity contribution is 9.10. The van der Waals surface area contributed by atoms with Crippen LogP contribution in [-0.2, 0) is 10.3 Å². The standard InChI is InChI=1S/C14H14BrN3O/c1-14(16,10-6-3-2-4-7-10)13(19)18-11-8-5-9-17-12(11)15/h2-9H,16H2,1H3,(H,18,19). The van der Waals surface area contributed by atoms with Gasteiger partial charge in [-0.1, -0.05) is 30.3 Å². The summed E-state index contributed by atoms with van der Waals surface area (Å²) in [6.07, 6.45) is 1.64. The van der Waals surface area contributed by atoms with Crippen molar-refractivity contribution in [2.75, 3.05) is 5.32 Å². The number of nitrogens with two attached hydrogens (primary N) is 1. The third-order valence-corrected chi connectivity index (χ3v) is 3.48. The SMILES string of the molecule is CC(N)(C(=O)Nc1cccnc1Br)c1ccccc1. The molecule has 98 valence electrons. The minimum Gasteiger partial charge on any atom is -0.322 e. The van der Waals surface area contributed by atoms with Crippen molar-refractivity contribution in [1.29, 1.82) is 0 Å². The molecule has 0 saturated heterocycles. The highest BCUT2D eigenvalue weighted by atomic mass is 79.9. The van der Waals surface area contributed by atoms with Crippen LogP contribution in [0.4, 0.5) is 5.69 Å². The van der Waals surface area contributed by atoms with Crippen LogP contribution in [0.15, 0.2) is 53.3 Å². The van der Waals surface area contributed by atoms with Crippen molar-refractivity contribution in [1.82, 2.24) is 4.98 Å². The third kappa shape index (κ3) is 3.00. The van der Waals surface area contributed by atoms with E-state index in [-0.39, 0.29) is 5.91 Å². The number of anilines is 1. The minimum absolute atomic E-state index is 0.285. The zero-order valence-corrected chi connectivity index (χ0v) is 12.0. The van der Waals surface area contributed by atoms with Crippen molar-refractivity contribution in [2.24, 2.45) is 5.73 Å². The van der Waals surface area contributed by atoms with Gasteiger partial charge >= 0.3 is 0 Å². The molecule has 0 bridgehead atoms. The number of benzene rings is 1. The molecule has 0 aliphatic heterocycles. The molecular formula is C14H14BrN3O. The third-order valence-electron chi connectivity index (χ3n) is 2.85. The summed E-state index contributed by atoms with van der Waals surface area (Å²) < 4.78 is 0.576. The first-order valence-corrected chi connectivity index (χ1v) is 6.57. The van der Waals surface area contributed by atoms with Gasteiger partial charge in [0.05, 0.1) is 5.69 Å². The van der Waals surface area contributed by atoms with Gasteiger partial charge in [-0.15, -0.1) is 0 Å². The lowest BCUT2D eigenvalue weighted by Crippen LogP contribution is -2.45. The molecule has 0 aliphatic carbocycles. The molecule has 1 amide bonds. The van der Waals surface area contributed by atoms with Gasteiger partial charge in [0.15, 0.2) is 0 Å². The van der Waals surface area contributed by atoms with Gasteiger partial charge in [0.25, 0.3) is 0 Å². The summed E-state index contributed by atoms with van der Waals surface area (Å²) in [5.41, 5.74) is 6.39. The Morgan fingerprint density at radius 2 is 1.95 bits per heavy atom. The van der Waals surface area contributed by atoms with Crippen LogP contribution in [-0.4, -0.2) is 10.9 Å². The van der Waals surface area contributed by atoms with Crippen LogP contribution >= 0.6 is 15.9 Å². The second kappa shape index (κ2) is 5.50. The van der Waals surface area contributed by atoms with Gasteiger partial charge in [-0.3, -0.25) is 4.79 Å². The van der Waals surface area contributed by atoms with Crippen LogP contribution in [0.3, 0.4) is 0 Å². The van der Waals surface area contributed by atoms with Crippen molar-refractivity contribution < 1.29 is 4.79 Å². The first-order chi connectivity index (χ1) is 9.01. The van der Waals surface area contributed by atoms with E-state index in [1.165, 1.54) is 0 Å². The summed E-state index contributed by atoms with van der Waals surface area (Å²) in [4.78, 5) is 16.4. The van der Waals surface area contributed by atoms with E-state index < -0.39 is 5.54 Å². The van der Waals surface area contributed by atoms with E-state index in [1.807, 2.05) is 30.3 Å². The lowest BCUT2D eigenvalue weighted by atomic mass is 9.92. The van der Waals surface area contributed by atoms with Gasteiger partial charge in [0, 0.05) is 6.20 Å². The lowest BCUT2D eigenvalue weighted by Gasteiger charge is -2.24. The fourth-order valence-electron chi connectivity index (χ4n) is 1.65. The highest BCUT2D eigenvalue weighted by Gasteiger charge is 2.30. The molecule has 3 N–H and O–H groups in total. The van der Waals surface area contributed by atoms with Gasteiger partial charge in [-0.2, -0.15) is 0 Å². The molecule has 0 spiro atoms. The molecule has 19 heavy (non-hydrogen) atoms. The molecule has 0 aliphatic rings. The molecule has 0 radical (unpaired) electrons. The van der Waals surface area contributed by atoms with E-state index >= 15 is 0 Å². The van der Waals surface area contributed by atoms with Crippen LogP contribution in [0, 0.1) is 0 Å². The number of carbonyl (C=O) groups is 1. The Balaban J connectivity index is 2.23. The zero-order chi connectivity index (χ0) is 13.9. The summed E-state index contributed by atoms with van der Waals surface area (Å²) in [6, 6.07) is 12.8. The van der Waals surface area contributed by atoms with Crippen LogP contribution in [0.5, 0.6) is 0 Å². The second-order valence-electron chi connectivity index (χ2n) is 4.36. The molecule has 1 heterocycles. The number of amides is 1. The normalized spacial score (nSPS) is 13.6. The average molecular weight is 320 g/mol. The number of hydrogen-bond acceptors (Lipinski definition) is 3. The first kappa shape index (κ1) is 13.7. The largest absolute Gasteiger partial charge is 0.322 e. The van der Waals surface area contributed by atoms with Crippen LogP contribution in [0.1, 0.15) is 12.5 Å². The number of rotatable bonds is 3. The fraction of sp³-hybridized carbons (Fsp3) is 0.143. The second-order valence-corrected chi connectivity index (χ2v) is 5.12. The van der Waals surface area contributed by atoms with E-state index in [0.29, 0.717) is 10.3 Å². The number of hydrogen-bond donors (Lipinski definition) is 2. The van der Waals surface area contributed by atoms with E-state index in [0.717, 1.165) is 5.56 Å². The highest BCUT2D eigenvalue weighted by Crippen LogP contribution is 2.23. The smallest absolute Gasteiger partial charge is 0.248 e. The Morgan fingerprint density at radius 3 is 2.58 bits per heavy atom. The Morgan fingerprint density at radius 1 is 1.26 bits per heavy atom. The Kier molecular flexibility index (Phi) is 3.97. The Bertz CT molecular complexity index is 584. The van der Waals surface area contributed by atoms with Gasteiger partial charge in [0.2, 0.25) is 5.91 Å². The molecule has 1 aromatic heterocycles. The van der Waals surface area contributed by atoms with Crippen LogP contribution in [0.2, 0.25) is 0 Å². The first-order valence-electron chi connectivity index (χ1n) is 5.78. The number of halogens is 1. The number of nitrogens with zero attached hydrogens (tertiary/aromatic N) is 1. The maximum atomic E-state index is 12.3. The predicted molar refractivity (Wildman–Crippen MR) is 78.5 cm³/mol. The average Bonchev–Trinajstić information content (AvgIpc) is 2.42. The summed E-state index contributed by atoms with van der Waals surface area (Å²) in [7, 11) is 0. The van der Waals surface area contributed by atoms with Gasteiger partial charge < -0.3 is 11.1 Å². The molecule has 1 atom stereocenters. The van der Waals surface area contributed by atoms with Crippen molar-refractivity contribution in [3.8, 4) is 0 Å². The minimum atomic E-state index is -1.10. The topological polar surface area (TPSA) is 68.0 Å². The van der Waals surface area contributed by atoms with Crippen LogP contribution in [0.25, 0.3) is 0 Å². The summed E-state index contributed by atoms with van der Waals surface area (Å²) in [5.74, 6) is -0.285. The molecule has 0 fully saturated rings. The number of nitrogens with one attached hydrogen (secondary N) is 1. The monoisotopic (exact) mass is 319 g/mol. The lowest BCUT2D eigenvalue weighted by molar-refractivity contribution is -0.120. The van der Waals surface area contributed by atoms with Gasteiger partial charge in [0.1, 0.15) is 10.1 Å². The molecule has 0 saturated carbocycles. The molecule has 5 heteroatoms. The molecule has 2 aromatic rings. The van der Waals surface area contributed by atoms with Crippen molar-refractivity contribution in [3.63, 3.8) is 0 Å². The summed E-state index contributed by atoms with van der Waals surface area (Å²) >= 11 is 3.28. The van der Waals surface area contributed by atoms with Crippen LogP contribution < -0.4 is 11.1 Å². The molecule has 1 aromatic carbocycles. The number of aromatic nitrogens is 1. The zero-order valence-electron chi connectivity index (χ0n) is 10.4. The maximum Gasteiger partial charge on any atom is 0.248 e. The van der Waals surface area contributed by atoms with E-state index in [2.05, 4.69) is 26.2 Å². The van der Waals surface area contributed by atoms with Gasteiger partial charge in [-0.05, 0) is 40.5 Å². The summed E-state index contributed by atoms with van der Waals surface area (Å²) in [5, 5.41) is 2.78. The predicted octanol–water partition coefficient (Wildman–Crippen LogP) is 2.66. The fourth-order valence-corrected chi connectivity index (χ4v) is 2.00. The van der Waals surface area contributed by atoms with Crippen molar-refractivity contribution >= 4 is 27.5 Å². The number of pyridine rings is 1. The maximum absolute atomic E-state index is 12.3. The van der Waals surface area contributed by atoms with Crippen molar-refractivity contribution in [2.45, 2.75) is 12.5 Å². The summed E-state index contributed by atoms with van der Waals surface area (Å²) in [6.45, 7) is 1.68. The Hall–Kier alpha value is -1.72. The van der Waals surface area contributed by atoms with E-state index in [1.54, 1.807) is 25.3 Å². The quantitative estimate of drug-likeness (QED) is 0.855. The molecule has 2 rings (SSSR count). The van der Waals surface area contributed by atoms with E-state index in [4.69, 9.17) is 5.73 Å². The van der Waals surface area contributed by atoms with Gasteiger partial charge in [-0.25, -0.2) is 4.98 Å². The molecular weight excluding hydrogens is 306 g/mol. The van der Waals surface area contributed by atoms with Crippen molar-refractivity contribution in [3.05, 3.63) is 58.8 Å². The molecule has 4 nitrogen and oxygen atoms in total. The molecule has 1 unspecified atom stereocenters.